The summed E-state index contributed by atoms with van der Waals surface area (Å²) in [7, 11) is 0. The van der Waals surface area contributed by atoms with Crippen LogP contribution in [0.4, 0.5) is 11.4 Å². The number of benzene rings is 1. The number of amides is 1. The van der Waals surface area contributed by atoms with E-state index in [1.807, 2.05) is 18.2 Å². The van der Waals surface area contributed by atoms with Crippen molar-refractivity contribution in [3.05, 3.63) is 53.9 Å². The van der Waals surface area contributed by atoms with E-state index in [1.165, 1.54) is 5.56 Å². The van der Waals surface area contributed by atoms with Gasteiger partial charge in [-0.15, -0.1) is 0 Å². The minimum absolute atomic E-state index is 0.0408. The topological polar surface area (TPSA) is 63.2 Å². The lowest BCUT2D eigenvalue weighted by Gasteiger charge is -2.23. The number of carbonyl (C=O) groups is 1. The molecule has 1 fully saturated rings. The maximum Gasteiger partial charge on any atom is 0.269 e. The van der Waals surface area contributed by atoms with Crippen LogP contribution in [0.3, 0.4) is 0 Å². The van der Waals surface area contributed by atoms with E-state index in [0.29, 0.717) is 12.2 Å². The average Bonchev–Trinajstić information content (AvgIpc) is 3.13. The van der Waals surface area contributed by atoms with Crippen molar-refractivity contribution in [3.8, 4) is 0 Å². The molecule has 1 amide bonds. The molecule has 26 heavy (non-hydrogen) atoms. The smallest absolute Gasteiger partial charge is 0.269 e. The van der Waals surface area contributed by atoms with E-state index in [4.69, 9.17) is 4.74 Å². The Labute approximate surface area is 155 Å². The highest BCUT2D eigenvalue weighted by Gasteiger charge is 2.18. The first kappa shape index (κ1) is 18.4. The summed E-state index contributed by atoms with van der Waals surface area (Å²) in [5.41, 5.74) is 3.60. The van der Waals surface area contributed by atoms with Crippen molar-refractivity contribution in [1.82, 2.24) is 10.3 Å². The average molecular weight is 353 g/mol. The number of rotatable bonds is 5. The lowest BCUT2D eigenvalue weighted by atomic mass is 9.86. The molecule has 3 rings (SSSR count). The molecular weight excluding hydrogens is 326 g/mol. The quantitative estimate of drug-likeness (QED) is 0.852. The lowest BCUT2D eigenvalue weighted by molar-refractivity contribution is 0.0854. The number of pyridine rings is 1. The molecule has 2 heterocycles. The van der Waals surface area contributed by atoms with Crippen LogP contribution in [0.15, 0.2) is 42.6 Å². The zero-order chi connectivity index (χ0) is 18.6. The van der Waals surface area contributed by atoms with Crippen LogP contribution < -0.4 is 10.6 Å². The number of ether oxygens (including phenoxy) is 1. The van der Waals surface area contributed by atoms with Gasteiger partial charge >= 0.3 is 0 Å². The predicted octanol–water partition coefficient (Wildman–Crippen LogP) is 4.03. The van der Waals surface area contributed by atoms with Crippen molar-refractivity contribution in [2.75, 3.05) is 18.5 Å². The molecule has 1 aromatic carbocycles. The second-order valence-corrected chi connectivity index (χ2v) is 7.70. The minimum atomic E-state index is -0.165. The number of hydrogen-bond acceptors (Lipinski definition) is 4. The fraction of sp³-hybridized carbons (Fsp3) is 0.429. The first-order valence-corrected chi connectivity index (χ1v) is 9.16. The van der Waals surface area contributed by atoms with Gasteiger partial charge in [-0.2, -0.15) is 0 Å². The van der Waals surface area contributed by atoms with E-state index in [0.717, 1.165) is 30.8 Å². The van der Waals surface area contributed by atoms with Crippen molar-refractivity contribution >= 4 is 17.3 Å². The molecular formula is C21H27N3O2. The zero-order valence-corrected chi connectivity index (χ0v) is 15.7. The number of carbonyl (C=O) groups excluding carboxylic acids is 1. The van der Waals surface area contributed by atoms with E-state index in [2.05, 4.69) is 48.5 Å². The SMILES string of the molecule is CC(C)(C)c1ccccc1Nc1ccc(C(=O)NCC2CCCO2)nc1. The summed E-state index contributed by atoms with van der Waals surface area (Å²) in [6, 6.07) is 11.9. The van der Waals surface area contributed by atoms with Gasteiger partial charge in [0.2, 0.25) is 0 Å². The van der Waals surface area contributed by atoms with Gasteiger partial charge in [0.05, 0.1) is 18.0 Å². The Balaban J connectivity index is 1.64. The normalized spacial score (nSPS) is 17.1. The molecule has 1 aliphatic heterocycles. The number of anilines is 2. The highest BCUT2D eigenvalue weighted by atomic mass is 16.5. The maximum atomic E-state index is 12.2. The summed E-state index contributed by atoms with van der Waals surface area (Å²) in [5.74, 6) is -0.165. The first-order valence-electron chi connectivity index (χ1n) is 9.16. The molecule has 1 unspecified atom stereocenters. The third-order valence-corrected chi connectivity index (χ3v) is 4.52. The Morgan fingerprint density at radius 1 is 1.23 bits per heavy atom. The van der Waals surface area contributed by atoms with Crippen LogP contribution in [-0.2, 0) is 10.2 Å². The highest BCUT2D eigenvalue weighted by molar-refractivity contribution is 5.92. The van der Waals surface area contributed by atoms with Crippen LogP contribution in [0, 0.1) is 0 Å². The Morgan fingerprint density at radius 2 is 2.04 bits per heavy atom. The number of para-hydroxylation sites is 1. The monoisotopic (exact) mass is 353 g/mol. The van der Waals surface area contributed by atoms with E-state index in [9.17, 15) is 4.79 Å². The summed E-state index contributed by atoms with van der Waals surface area (Å²) >= 11 is 0. The van der Waals surface area contributed by atoms with Gasteiger partial charge in [0.1, 0.15) is 5.69 Å². The third-order valence-electron chi connectivity index (χ3n) is 4.52. The second-order valence-electron chi connectivity index (χ2n) is 7.70. The number of hydrogen-bond donors (Lipinski definition) is 2. The molecule has 2 aromatic rings. The molecule has 0 spiro atoms. The van der Waals surface area contributed by atoms with E-state index in [1.54, 1.807) is 12.3 Å². The molecule has 0 bridgehead atoms. The number of nitrogens with one attached hydrogen (secondary N) is 2. The molecule has 2 N–H and O–H groups in total. The Bertz CT molecular complexity index is 745. The van der Waals surface area contributed by atoms with Gasteiger partial charge in [0, 0.05) is 18.8 Å². The third kappa shape index (κ3) is 4.61. The van der Waals surface area contributed by atoms with Crippen LogP contribution in [-0.4, -0.2) is 30.1 Å². The molecule has 0 aliphatic carbocycles. The molecule has 5 nitrogen and oxygen atoms in total. The highest BCUT2D eigenvalue weighted by Crippen LogP contribution is 2.31. The van der Waals surface area contributed by atoms with Crippen molar-refractivity contribution < 1.29 is 9.53 Å². The van der Waals surface area contributed by atoms with Crippen LogP contribution in [0.1, 0.15) is 49.7 Å². The van der Waals surface area contributed by atoms with Gasteiger partial charge in [-0.05, 0) is 42.0 Å². The molecule has 5 heteroatoms. The fourth-order valence-electron chi connectivity index (χ4n) is 3.11. The van der Waals surface area contributed by atoms with Crippen LogP contribution in [0.5, 0.6) is 0 Å². The molecule has 1 aliphatic rings. The maximum absolute atomic E-state index is 12.2. The number of nitrogens with zero attached hydrogens (tertiary/aromatic N) is 1. The van der Waals surface area contributed by atoms with Gasteiger partial charge in [0.25, 0.3) is 5.91 Å². The zero-order valence-electron chi connectivity index (χ0n) is 15.7. The minimum Gasteiger partial charge on any atom is -0.376 e. The van der Waals surface area contributed by atoms with Crippen LogP contribution >= 0.6 is 0 Å². The van der Waals surface area contributed by atoms with E-state index >= 15 is 0 Å². The molecule has 1 aromatic heterocycles. The van der Waals surface area contributed by atoms with E-state index in [-0.39, 0.29) is 17.4 Å². The summed E-state index contributed by atoms with van der Waals surface area (Å²) in [6.45, 7) is 7.89. The molecule has 1 saturated heterocycles. The van der Waals surface area contributed by atoms with Crippen LogP contribution in [0.2, 0.25) is 0 Å². The van der Waals surface area contributed by atoms with Gasteiger partial charge in [-0.1, -0.05) is 39.0 Å². The number of aromatic nitrogens is 1. The van der Waals surface area contributed by atoms with Crippen molar-refractivity contribution in [3.63, 3.8) is 0 Å². The standard InChI is InChI=1S/C21H27N3O2/c1-21(2,3)17-8-4-5-9-18(17)24-15-10-11-19(22-13-15)20(25)23-14-16-7-6-12-26-16/h4-5,8-11,13,16,24H,6-7,12,14H2,1-3H3,(H,23,25). The summed E-state index contributed by atoms with van der Waals surface area (Å²) in [5, 5.41) is 6.30. The Kier molecular flexibility index (Phi) is 5.57. The molecule has 138 valence electrons. The Morgan fingerprint density at radius 3 is 2.69 bits per heavy atom. The van der Waals surface area contributed by atoms with Gasteiger partial charge in [-0.3, -0.25) is 4.79 Å². The van der Waals surface area contributed by atoms with Gasteiger partial charge in [-0.25, -0.2) is 4.98 Å². The largest absolute Gasteiger partial charge is 0.376 e. The first-order chi connectivity index (χ1) is 12.4. The van der Waals surface area contributed by atoms with Gasteiger partial charge in [0.15, 0.2) is 0 Å². The molecule has 0 radical (unpaired) electrons. The Hall–Kier alpha value is -2.40. The van der Waals surface area contributed by atoms with Crippen molar-refractivity contribution in [2.24, 2.45) is 0 Å². The van der Waals surface area contributed by atoms with Gasteiger partial charge < -0.3 is 15.4 Å². The van der Waals surface area contributed by atoms with Crippen LogP contribution in [0.25, 0.3) is 0 Å². The summed E-state index contributed by atoms with van der Waals surface area (Å²) < 4.78 is 5.52. The summed E-state index contributed by atoms with van der Waals surface area (Å²) in [4.78, 5) is 16.5. The predicted molar refractivity (Wildman–Crippen MR) is 104 cm³/mol. The second kappa shape index (κ2) is 7.87. The lowest BCUT2D eigenvalue weighted by Crippen LogP contribution is -2.32. The van der Waals surface area contributed by atoms with Crippen molar-refractivity contribution in [2.45, 2.75) is 45.1 Å². The van der Waals surface area contributed by atoms with E-state index < -0.39 is 0 Å². The molecule has 0 saturated carbocycles. The summed E-state index contributed by atoms with van der Waals surface area (Å²) in [6.07, 6.45) is 3.90. The molecule has 1 atom stereocenters. The van der Waals surface area contributed by atoms with Crippen molar-refractivity contribution in [1.29, 1.82) is 0 Å². The fourth-order valence-corrected chi connectivity index (χ4v) is 3.11.